The molecule has 4 heteroatoms. The van der Waals surface area contributed by atoms with Crippen LogP contribution in [0, 0.1) is 0 Å². The van der Waals surface area contributed by atoms with Gasteiger partial charge in [0.05, 0.1) is 0 Å². The van der Waals surface area contributed by atoms with E-state index in [0.717, 1.165) is 47.0 Å². The lowest BCUT2D eigenvalue weighted by Gasteiger charge is -2.29. The number of rotatable bonds is 3. The maximum Gasteiger partial charge on any atom is 0.264 e. The Morgan fingerprint density at radius 1 is 0.963 bits per heavy atom. The lowest BCUT2D eigenvalue weighted by molar-refractivity contribution is -0.120. The molecule has 2 heterocycles. The first-order valence-electron chi connectivity index (χ1n) is 9.22. The van der Waals surface area contributed by atoms with Gasteiger partial charge in [0.1, 0.15) is 16.9 Å². The lowest BCUT2D eigenvalue weighted by Crippen LogP contribution is -2.38. The average molecular weight is 357 g/mol. The molecule has 27 heavy (non-hydrogen) atoms. The van der Waals surface area contributed by atoms with Gasteiger partial charge in [0.15, 0.2) is 6.61 Å². The molecule has 0 saturated heterocycles. The van der Waals surface area contributed by atoms with Crippen LogP contribution in [0.2, 0.25) is 0 Å². The normalized spacial score (nSPS) is 13.7. The van der Waals surface area contributed by atoms with Gasteiger partial charge < -0.3 is 14.1 Å². The molecule has 0 unspecified atom stereocenters. The Labute approximate surface area is 156 Å². The third-order valence-corrected chi connectivity index (χ3v) is 5.12. The maximum absolute atomic E-state index is 12.7. The van der Waals surface area contributed by atoms with Gasteiger partial charge in [-0.25, -0.2) is 0 Å². The van der Waals surface area contributed by atoms with Gasteiger partial charge in [0, 0.05) is 23.0 Å². The highest BCUT2D eigenvalue weighted by Crippen LogP contribution is 2.31. The van der Waals surface area contributed by atoms with Crippen LogP contribution in [0.3, 0.4) is 0 Å². The molecule has 4 aromatic rings. The number of carbonyl (C=O) groups is 1. The van der Waals surface area contributed by atoms with Crippen LogP contribution in [0.5, 0.6) is 5.75 Å². The summed E-state index contributed by atoms with van der Waals surface area (Å²) >= 11 is 0. The van der Waals surface area contributed by atoms with Crippen LogP contribution in [0.4, 0.5) is 5.69 Å². The highest BCUT2D eigenvalue weighted by atomic mass is 16.5. The molecule has 5 rings (SSSR count). The van der Waals surface area contributed by atoms with Crippen molar-refractivity contribution in [2.45, 2.75) is 12.8 Å². The molecule has 1 amide bonds. The van der Waals surface area contributed by atoms with Crippen molar-refractivity contribution in [1.82, 2.24) is 0 Å². The van der Waals surface area contributed by atoms with E-state index >= 15 is 0 Å². The van der Waals surface area contributed by atoms with Crippen molar-refractivity contribution in [3.8, 4) is 5.75 Å². The van der Waals surface area contributed by atoms with Crippen molar-refractivity contribution >= 4 is 33.5 Å². The van der Waals surface area contributed by atoms with E-state index in [1.54, 1.807) is 0 Å². The van der Waals surface area contributed by atoms with E-state index < -0.39 is 0 Å². The van der Waals surface area contributed by atoms with Gasteiger partial charge in [0.2, 0.25) is 0 Å². The van der Waals surface area contributed by atoms with E-state index in [0.29, 0.717) is 5.75 Å². The maximum atomic E-state index is 12.7. The van der Waals surface area contributed by atoms with Gasteiger partial charge >= 0.3 is 0 Å². The molecule has 1 aromatic heterocycles. The summed E-state index contributed by atoms with van der Waals surface area (Å²) in [6.45, 7) is 0.764. The Balaban J connectivity index is 1.37. The van der Waals surface area contributed by atoms with Gasteiger partial charge in [-0.2, -0.15) is 0 Å². The largest absolute Gasteiger partial charge is 0.484 e. The molecule has 0 fully saturated rings. The molecule has 134 valence electrons. The third kappa shape index (κ3) is 2.83. The fraction of sp³-hybridized carbons (Fsp3) is 0.174. The Hall–Kier alpha value is -3.27. The van der Waals surface area contributed by atoms with Crippen LogP contribution in [0.1, 0.15) is 12.0 Å². The number of fused-ring (bicyclic) bond motifs is 4. The van der Waals surface area contributed by atoms with E-state index in [2.05, 4.69) is 6.07 Å². The number of para-hydroxylation sites is 2. The standard InChI is InChI=1S/C23H19NO3/c25-23(24-13-5-7-16-6-1-3-9-20(16)24)15-26-17-11-12-22-19(14-17)18-8-2-4-10-21(18)27-22/h1-4,6,8-12,14H,5,7,13,15H2. The van der Waals surface area contributed by atoms with Crippen LogP contribution < -0.4 is 9.64 Å². The smallest absolute Gasteiger partial charge is 0.264 e. The van der Waals surface area contributed by atoms with Crippen LogP contribution in [0.25, 0.3) is 21.9 Å². The number of hydrogen-bond acceptors (Lipinski definition) is 3. The van der Waals surface area contributed by atoms with Crippen molar-refractivity contribution in [2.24, 2.45) is 0 Å². The first kappa shape index (κ1) is 15.9. The quantitative estimate of drug-likeness (QED) is 0.521. The molecule has 0 atom stereocenters. The van der Waals surface area contributed by atoms with E-state index in [9.17, 15) is 4.79 Å². The van der Waals surface area contributed by atoms with Crippen LogP contribution in [0.15, 0.2) is 71.1 Å². The summed E-state index contributed by atoms with van der Waals surface area (Å²) in [4.78, 5) is 14.6. The molecule has 3 aromatic carbocycles. The minimum atomic E-state index is -0.0145. The molecule has 0 saturated carbocycles. The molecule has 4 nitrogen and oxygen atoms in total. The molecule has 0 N–H and O–H groups in total. The second kappa shape index (κ2) is 6.47. The van der Waals surface area contributed by atoms with E-state index in [-0.39, 0.29) is 12.5 Å². The molecule has 1 aliphatic rings. The highest BCUT2D eigenvalue weighted by molar-refractivity contribution is 6.05. The topological polar surface area (TPSA) is 42.7 Å². The Kier molecular flexibility index (Phi) is 3.82. The summed E-state index contributed by atoms with van der Waals surface area (Å²) in [6, 6.07) is 21.7. The van der Waals surface area contributed by atoms with Crippen molar-refractivity contribution < 1.29 is 13.9 Å². The van der Waals surface area contributed by atoms with Gasteiger partial charge in [-0.3, -0.25) is 4.79 Å². The molecule has 0 aliphatic carbocycles. The van der Waals surface area contributed by atoms with Gasteiger partial charge in [0.25, 0.3) is 5.91 Å². The van der Waals surface area contributed by atoms with Gasteiger partial charge in [-0.05, 0) is 48.7 Å². The van der Waals surface area contributed by atoms with Crippen LogP contribution in [-0.2, 0) is 11.2 Å². The predicted molar refractivity (Wildman–Crippen MR) is 106 cm³/mol. The number of benzene rings is 3. The summed E-state index contributed by atoms with van der Waals surface area (Å²) in [6.07, 6.45) is 2.00. The van der Waals surface area contributed by atoms with Crippen molar-refractivity contribution in [3.63, 3.8) is 0 Å². The number of carbonyl (C=O) groups excluding carboxylic acids is 1. The summed E-state index contributed by atoms with van der Waals surface area (Å²) in [5.74, 6) is 0.659. The van der Waals surface area contributed by atoms with E-state index in [1.165, 1.54) is 5.56 Å². The second-order valence-corrected chi connectivity index (χ2v) is 6.82. The van der Waals surface area contributed by atoms with Crippen LogP contribution in [-0.4, -0.2) is 19.1 Å². The number of amides is 1. The molecule has 1 aliphatic heterocycles. The molecular formula is C23H19NO3. The number of furan rings is 1. The van der Waals surface area contributed by atoms with Gasteiger partial charge in [-0.15, -0.1) is 0 Å². The van der Waals surface area contributed by atoms with Gasteiger partial charge in [-0.1, -0.05) is 36.4 Å². The fourth-order valence-electron chi connectivity index (χ4n) is 3.81. The van der Waals surface area contributed by atoms with Crippen molar-refractivity contribution in [2.75, 3.05) is 18.1 Å². The minimum Gasteiger partial charge on any atom is -0.484 e. The lowest BCUT2D eigenvalue weighted by atomic mass is 10.0. The summed E-state index contributed by atoms with van der Waals surface area (Å²) in [5.41, 5.74) is 3.91. The minimum absolute atomic E-state index is 0.0145. The second-order valence-electron chi connectivity index (χ2n) is 6.82. The zero-order valence-corrected chi connectivity index (χ0v) is 14.9. The first-order chi connectivity index (χ1) is 13.3. The number of aryl methyl sites for hydroxylation is 1. The predicted octanol–water partition coefficient (Wildman–Crippen LogP) is 4.94. The zero-order valence-electron chi connectivity index (χ0n) is 14.9. The van der Waals surface area contributed by atoms with E-state index in [1.807, 2.05) is 65.6 Å². The van der Waals surface area contributed by atoms with Crippen molar-refractivity contribution in [1.29, 1.82) is 0 Å². The van der Waals surface area contributed by atoms with Crippen molar-refractivity contribution in [3.05, 3.63) is 72.3 Å². The zero-order chi connectivity index (χ0) is 18.2. The number of ether oxygens (including phenoxy) is 1. The summed E-state index contributed by atoms with van der Waals surface area (Å²) in [7, 11) is 0. The monoisotopic (exact) mass is 357 g/mol. The number of anilines is 1. The SMILES string of the molecule is O=C(COc1ccc2oc3ccccc3c2c1)N1CCCc2ccccc21. The molecule has 0 spiro atoms. The third-order valence-electron chi connectivity index (χ3n) is 5.12. The molecule has 0 bridgehead atoms. The average Bonchev–Trinajstić information content (AvgIpc) is 3.09. The van der Waals surface area contributed by atoms with E-state index in [4.69, 9.17) is 9.15 Å². The fourth-order valence-corrected chi connectivity index (χ4v) is 3.81. The first-order valence-corrected chi connectivity index (χ1v) is 9.22. The summed E-state index contributed by atoms with van der Waals surface area (Å²) in [5, 5.41) is 2.05. The molecular weight excluding hydrogens is 338 g/mol. The summed E-state index contributed by atoms with van der Waals surface area (Å²) < 4.78 is 11.7. The number of hydrogen-bond donors (Lipinski definition) is 0. The Bertz CT molecular complexity index is 1140. The molecule has 0 radical (unpaired) electrons. The number of nitrogens with zero attached hydrogens (tertiary/aromatic N) is 1. The van der Waals surface area contributed by atoms with Crippen LogP contribution >= 0.6 is 0 Å². The highest BCUT2D eigenvalue weighted by Gasteiger charge is 2.22. The Morgan fingerprint density at radius 2 is 1.78 bits per heavy atom. The Morgan fingerprint density at radius 3 is 2.74 bits per heavy atom.